The molecule has 1 rings (SSSR count). The molecule has 3 heteroatoms. The molecule has 1 heterocycles. The fraction of sp³-hybridized carbons (Fsp3) is 0.889. The number of hydrogen-bond donors (Lipinski definition) is 1. The smallest absolute Gasteiger partial charge is 0.241 e. The second-order valence-corrected chi connectivity index (χ2v) is 3.72. The molecule has 0 aromatic carbocycles. The number of rotatable bonds is 3. The van der Waals surface area contributed by atoms with Crippen molar-refractivity contribution in [2.45, 2.75) is 39.3 Å². The number of amides is 1. The first-order valence-corrected chi connectivity index (χ1v) is 4.64. The second-order valence-electron chi connectivity index (χ2n) is 3.72. The Balaban J connectivity index is 2.44. The summed E-state index contributed by atoms with van der Waals surface area (Å²) in [5, 5.41) is 0. The summed E-state index contributed by atoms with van der Waals surface area (Å²) >= 11 is 0. The zero-order valence-electron chi connectivity index (χ0n) is 8.08. The molecule has 0 spiro atoms. The SMILES string of the molecule is CCC(C)C(C)N1CC(N)C1=O. The lowest BCUT2D eigenvalue weighted by Gasteiger charge is -2.42. The average molecular weight is 170 g/mol. The summed E-state index contributed by atoms with van der Waals surface area (Å²) < 4.78 is 0. The van der Waals surface area contributed by atoms with Crippen LogP contribution in [0.3, 0.4) is 0 Å². The van der Waals surface area contributed by atoms with Gasteiger partial charge in [-0.15, -0.1) is 0 Å². The molecule has 3 atom stereocenters. The van der Waals surface area contributed by atoms with E-state index in [-0.39, 0.29) is 11.9 Å². The van der Waals surface area contributed by atoms with Gasteiger partial charge in [0.15, 0.2) is 0 Å². The molecule has 1 amide bonds. The van der Waals surface area contributed by atoms with Crippen molar-refractivity contribution in [2.24, 2.45) is 11.7 Å². The number of nitrogens with two attached hydrogens (primary N) is 1. The van der Waals surface area contributed by atoms with Gasteiger partial charge < -0.3 is 10.6 Å². The minimum atomic E-state index is -0.225. The van der Waals surface area contributed by atoms with Gasteiger partial charge in [-0.05, 0) is 12.8 Å². The van der Waals surface area contributed by atoms with Gasteiger partial charge >= 0.3 is 0 Å². The maximum atomic E-state index is 11.2. The fourth-order valence-corrected chi connectivity index (χ4v) is 1.50. The minimum Gasteiger partial charge on any atom is -0.336 e. The summed E-state index contributed by atoms with van der Waals surface area (Å²) in [5.41, 5.74) is 5.50. The van der Waals surface area contributed by atoms with Crippen LogP contribution in [0.15, 0.2) is 0 Å². The number of carbonyl (C=O) groups is 1. The summed E-state index contributed by atoms with van der Waals surface area (Å²) in [6, 6.07) is 0.124. The van der Waals surface area contributed by atoms with E-state index in [0.29, 0.717) is 12.0 Å². The number of carbonyl (C=O) groups excluding carboxylic acids is 1. The molecule has 0 saturated carbocycles. The zero-order chi connectivity index (χ0) is 9.30. The molecule has 3 nitrogen and oxygen atoms in total. The van der Waals surface area contributed by atoms with Gasteiger partial charge in [0, 0.05) is 12.6 Å². The van der Waals surface area contributed by atoms with E-state index >= 15 is 0 Å². The van der Waals surface area contributed by atoms with Crippen molar-refractivity contribution in [1.29, 1.82) is 0 Å². The van der Waals surface area contributed by atoms with E-state index < -0.39 is 0 Å². The third kappa shape index (κ3) is 1.46. The van der Waals surface area contributed by atoms with Crippen LogP contribution in [0.25, 0.3) is 0 Å². The molecule has 0 aromatic heterocycles. The standard InChI is InChI=1S/C9H18N2O/c1-4-6(2)7(3)11-5-8(10)9(11)12/h6-8H,4-5,10H2,1-3H3. The summed E-state index contributed by atoms with van der Waals surface area (Å²) in [6.07, 6.45) is 1.11. The normalized spacial score (nSPS) is 28.2. The highest BCUT2D eigenvalue weighted by Crippen LogP contribution is 2.20. The second kappa shape index (κ2) is 3.44. The maximum Gasteiger partial charge on any atom is 0.241 e. The number of likely N-dealkylation sites (tertiary alicyclic amines) is 1. The molecule has 0 bridgehead atoms. The van der Waals surface area contributed by atoms with Gasteiger partial charge in [-0.2, -0.15) is 0 Å². The molecule has 70 valence electrons. The van der Waals surface area contributed by atoms with Crippen molar-refractivity contribution >= 4 is 5.91 Å². The van der Waals surface area contributed by atoms with Crippen molar-refractivity contribution in [3.05, 3.63) is 0 Å². The molecular weight excluding hydrogens is 152 g/mol. The highest BCUT2D eigenvalue weighted by molar-refractivity contribution is 5.87. The Bertz CT molecular complexity index is 181. The predicted octanol–water partition coefficient (Wildman–Crippen LogP) is 0.590. The van der Waals surface area contributed by atoms with Crippen molar-refractivity contribution in [1.82, 2.24) is 4.90 Å². The highest BCUT2D eigenvalue weighted by atomic mass is 16.2. The van der Waals surface area contributed by atoms with Gasteiger partial charge in [0.05, 0.1) is 0 Å². The summed E-state index contributed by atoms with van der Waals surface area (Å²) in [5.74, 6) is 0.684. The third-order valence-electron chi connectivity index (χ3n) is 2.95. The Kier molecular flexibility index (Phi) is 2.73. The highest BCUT2D eigenvalue weighted by Gasteiger charge is 2.37. The maximum absolute atomic E-state index is 11.2. The van der Waals surface area contributed by atoms with Crippen LogP contribution >= 0.6 is 0 Å². The van der Waals surface area contributed by atoms with Crippen LogP contribution in [0, 0.1) is 5.92 Å². The largest absolute Gasteiger partial charge is 0.336 e. The quantitative estimate of drug-likeness (QED) is 0.630. The zero-order valence-corrected chi connectivity index (χ0v) is 8.08. The lowest BCUT2D eigenvalue weighted by molar-refractivity contribution is -0.146. The summed E-state index contributed by atoms with van der Waals surface area (Å²) in [4.78, 5) is 13.1. The van der Waals surface area contributed by atoms with Gasteiger partial charge in [-0.3, -0.25) is 4.79 Å². The predicted molar refractivity (Wildman–Crippen MR) is 48.6 cm³/mol. The van der Waals surface area contributed by atoms with E-state index in [1.54, 1.807) is 0 Å². The van der Waals surface area contributed by atoms with E-state index in [1.165, 1.54) is 0 Å². The van der Waals surface area contributed by atoms with Gasteiger partial charge in [0.2, 0.25) is 5.91 Å². The van der Waals surface area contributed by atoms with E-state index in [1.807, 2.05) is 4.90 Å². The van der Waals surface area contributed by atoms with Crippen LogP contribution in [-0.2, 0) is 4.79 Å². The molecule has 0 aromatic rings. The van der Waals surface area contributed by atoms with Crippen LogP contribution < -0.4 is 5.73 Å². The van der Waals surface area contributed by atoms with E-state index in [0.717, 1.165) is 13.0 Å². The Morgan fingerprint density at radius 3 is 2.58 bits per heavy atom. The average Bonchev–Trinajstić information content (AvgIpc) is 2.10. The first kappa shape index (κ1) is 9.52. The van der Waals surface area contributed by atoms with Crippen molar-refractivity contribution in [3.8, 4) is 0 Å². The number of hydrogen-bond acceptors (Lipinski definition) is 2. The lowest BCUT2D eigenvalue weighted by Crippen LogP contribution is -2.64. The minimum absolute atomic E-state index is 0.114. The third-order valence-corrected chi connectivity index (χ3v) is 2.95. The molecular formula is C9H18N2O. The Morgan fingerprint density at radius 2 is 2.25 bits per heavy atom. The van der Waals surface area contributed by atoms with Gasteiger partial charge in [0.1, 0.15) is 6.04 Å². The molecule has 1 fully saturated rings. The number of β-lactam (4-membered cyclic amide) rings is 1. The van der Waals surface area contributed by atoms with Crippen LogP contribution in [0.5, 0.6) is 0 Å². The van der Waals surface area contributed by atoms with Crippen molar-refractivity contribution in [3.63, 3.8) is 0 Å². The molecule has 3 unspecified atom stereocenters. The van der Waals surface area contributed by atoms with E-state index in [4.69, 9.17) is 5.73 Å². The van der Waals surface area contributed by atoms with E-state index in [9.17, 15) is 4.79 Å². The molecule has 2 N–H and O–H groups in total. The van der Waals surface area contributed by atoms with Gasteiger partial charge in [0.25, 0.3) is 0 Å². The summed E-state index contributed by atoms with van der Waals surface area (Å²) in [6.45, 7) is 7.15. The first-order chi connectivity index (χ1) is 5.57. The fourth-order valence-electron chi connectivity index (χ4n) is 1.50. The Hall–Kier alpha value is -0.570. The van der Waals surface area contributed by atoms with Crippen LogP contribution in [0.2, 0.25) is 0 Å². The molecule has 1 aliphatic heterocycles. The van der Waals surface area contributed by atoms with Crippen molar-refractivity contribution in [2.75, 3.05) is 6.54 Å². The van der Waals surface area contributed by atoms with Crippen LogP contribution in [-0.4, -0.2) is 29.4 Å². The molecule has 0 radical (unpaired) electrons. The molecule has 1 aliphatic rings. The number of nitrogens with zero attached hydrogens (tertiary/aromatic N) is 1. The molecule has 0 aliphatic carbocycles. The van der Waals surface area contributed by atoms with Crippen molar-refractivity contribution < 1.29 is 4.79 Å². The molecule has 1 saturated heterocycles. The Morgan fingerprint density at radius 1 is 1.67 bits per heavy atom. The Labute approximate surface area is 73.9 Å². The summed E-state index contributed by atoms with van der Waals surface area (Å²) in [7, 11) is 0. The topological polar surface area (TPSA) is 46.3 Å². The lowest BCUT2D eigenvalue weighted by atomic mass is 9.95. The first-order valence-electron chi connectivity index (χ1n) is 4.64. The van der Waals surface area contributed by atoms with E-state index in [2.05, 4.69) is 20.8 Å². The van der Waals surface area contributed by atoms with Gasteiger partial charge in [-0.1, -0.05) is 20.3 Å². The van der Waals surface area contributed by atoms with Crippen LogP contribution in [0.4, 0.5) is 0 Å². The molecule has 12 heavy (non-hydrogen) atoms. The van der Waals surface area contributed by atoms with Gasteiger partial charge in [-0.25, -0.2) is 0 Å². The van der Waals surface area contributed by atoms with Crippen LogP contribution in [0.1, 0.15) is 27.2 Å². The monoisotopic (exact) mass is 170 g/mol.